The highest BCUT2D eigenvalue weighted by molar-refractivity contribution is 7.87. The van der Waals surface area contributed by atoms with Crippen molar-refractivity contribution < 1.29 is 31.3 Å². The zero-order chi connectivity index (χ0) is 13.1. The standard InChI is InChI=1S/C9H14F2O5S/c10-9(11,17(13,14)15)8(12)16-7-5-3-1-2-4-6-7/h7H,1-6H2,(H,13,14,15). The Balaban J connectivity index is 2.65. The second-order valence-corrected chi connectivity index (χ2v) is 5.47. The molecule has 0 saturated heterocycles. The molecule has 5 nitrogen and oxygen atoms in total. The number of carbonyl (C=O) groups excluding carboxylic acids is 1. The fourth-order valence-corrected chi connectivity index (χ4v) is 1.94. The second kappa shape index (κ2) is 5.26. The SMILES string of the molecule is O=C(OC1CCCCCC1)C(F)(F)S(=O)(=O)O. The van der Waals surface area contributed by atoms with Crippen LogP contribution in [0.4, 0.5) is 8.78 Å². The van der Waals surface area contributed by atoms with E-state index in [4.69, 9.17) is 4.55 Å². The van der Waals surface area contributed by atoms with Crippen LogP contribution >= 0.6 is 0 Å². The normalized spacial score (nSPS) is 19.7. The zero-order valence-corrected chi connectivity index (χ0v) is 9.88. The summed E-state index contributed by atoms with van der Waals surface area (Å²) in [6, 6.07) is 0. The number of hydrogen-bond donors (Lipinski definition) is 1. The van der Waals surface area contributed by atoms with E-state index in [1.165, 1.54) is 0 Å². The number of alkyl halides is 2. The Labute approximate surface area is 97.9 Å². The van der Waals surface area contributed by atoms with E-state index in [1.807, 2.05) is 0 Å². The molecule has 0 amide bonds. The quantitative estimate of drug-likeness (QED) is 0.481. The summed E-state index contributed by atoms with van der Waals surface area (Å²) < 4.78 is 59.0. The average molecular weight is 272 g/mol. The molecule has 1 aliphatic rings. The van der Waals surface area contributed by atoms with Gasteiger partial charge in [-0.3, -0.25) is 4.55 Å². The Hall–Kier alpha value is -0.760. The maximum Gasteiger partial charge on any atom is 0.465 e. The van der Waals surface area contributed by atoms with Crippen molar-refractivity contribution in [2.45, 2.75) is 49.9 Å². The summed E-state index contributed by atoms with van der Waals surface area (Å²) in [6.07, 6.45) is 3.54. The molecule has 1 rings (SSSR count). The van der Waals surface area contributed by atoms with Gasteiger partial charge in [-0.25, -0.2) is 4.79 Å². The van der Waals surface area contributed by atoms with Crippen molar-refractivity contribution in [3.63, 3.8) is 0 Å². The Bertz CT molecular complexity index is 371. The van der Waals surface area contributed by atoms with Crippen molar-refractivity contribution in [3.05, 3.63) is 0 Å². The van der Waals surface area contributed by atoms with Crippen molar-refractivity contribution in [1.29, 1.82) is 0 Å². The second-order valence-electron chi connectivity index (χ2n) is 4.01. The molecule has 0 aromatic carbocycles. The minimum absolute atomic E-state index is 0.438. The third-order valence-corrected chi connectivity index (χ3v) is 3.45. The molecule has 0 heterocycles. The third kappa shape index (κ3) is 3.60. The molecule has 8 heteroatoms. The topological polar surface area (TPSA) is 80.7 Å². The first kappa shape index (κ1) is 14.3. The molecule has 100 valence electrons. The first-order valence-corrected chi connectivity index (χ1v) is 6.75. The lowest BCUT2D eigenvalue weighted by Gasteiger charge is -2.18. The number of ether oxygens (including phenoxy) is 1. The fourth-order valence-electron chi connectivity index (χ4n) is 1.69. The molecule has 0 aromatic heterocycles. The molecule has 0 aromatic rings. The number of hydrogen-bond acceptors (Lipinski definition) is 4. The van der Waals surface area contributed by atoms with Gasteiger partial charge in [0, 0.05) is 0 Å². The molecule has 0 radical (unpaired) electrons. The van der Waals surface area contributed by atoms with Gasteiger partial charge in [-0.1, -0.05) is 12.8 Å². The van der Waals surface area contributed by atoms with Gasteiger partial charge < -0.3 is 4.74 Å². The summed E-state index contributed by atoms with van der Waals surface area (Å²) in [5.74, 6) is -2.20. The summed E-state index contributed by atoms with van der Waals surface area (Å²) in [5, 5.41) is -4.89. The van der Waals surface area contributed by atoms with Gasteiger partial charge >= 0.3 is 21.3 Å². The maximum absolute atomic E-state index is 12.9. The van der Waals surface area contributed by atoms with Crippen LogP contribution in [0.25, 0.3) is 0 Å². The van der Waals surface area contributed by atoms with Gasteiger partial charge in [0.1, 0.15) is 6.10 Å². The van der Waals surface area contributed by atoms with Crippen molar-refractivity contribution in [3.8, 4) is 0 Å². The summed E-state index contributed by atoms with van der Waals surface area (Å²) >= 11 is 0. The molecule has 0 spiro atoms. The van der Waals surface area contributed by atoms with E-state index < -0.39 is 27.4 Å². The first-order valence-electron chi connectivity index (χ1n) is 5.31. The van der Waals surface area contributed by atoms with E-state index >= 15 is 0 Å². The van der Waals surface area contributed by atoms with Gasteiger partial charge in [-0.2, -0.15) is 17.2 Å². The third-order valence-electron chi connectivity index (χ3n) is 2.64. The Morgan fingerprint density at radius 3 is 2.06 bits per heavy atom. The molecular formula is C9H14F2O5S. The van der Waals surface area contributed by atoms with E-state index in [1.54, 1.807) is 0 Å². The first-order chi connectivity index (χ1) is 7.75. The Morgan fingerprint density at radius 2 is 1.65 bits per heavy atom. The largest absolute Gasteiger partial charge is 0.465 e. The number of esters is 1. The zero-order valence-electron chi connectivity index (χ0n) is 9.06. The highest BCUT2D eigenvalue weighted by Crippen LogP contribution is 2.26. The monoisotopic (exact) mass is 272 g/mol. The average Bonchev–Trinajstić information content (AvgIpc) is 2.44. The molecule has 0 aliphatic heterocycles. The van der Waals surface area contributed by atoms with E-state index in [-0.39, 0.29) is 0 Å². The molecule has 17 heavy (non-hydrogen) atoms. The van der Waals surface area contributed by atoms with E-state index in [9.17, 15) is 22.0 Å². The maximum atomic E-state index is 12.9. The van der Waals surface area contributed by atoms with Crippen LogP contribution in [0.5, 0.6) is 0 Å². The fraction of sp³-hybridized carbons (Fsp3) is 0.889. The predicted octanol–water partition coefficient (Wildman–Crippen LogP) is 1.73. The van der Waals surface area contributed by atoms with E-state index in [0.29, 0.717) is 12.8 Å². The Morgan fingerprint density at radius 1 is 1.18 bits per heavy atom. The van der Waals surface area contributed by atoms with E-state index in [2.05, 4.69) is 4.74 Å². The van der Waals surface area contributed by atoms with Gasteiger partial charge in [0.05, 0.1) is 0 Å². The van der Waals surface area contributed by atoms with Gasteiger partial charge in [-0.15, -0.1) is 0 Å². The van der Waals surface area contributed by atoms with Crippen molar-refractivity contribution in [1.82, 2.24) is 0 Å². The smallest absolute Gasteiger partial charge is 0.457 e. The molecular weight excluding hydrogens is 258 g/mol. The van der Waals surface area contributed by atoms with Crippen LogP contribution in [0, 0.1) is 0 Å². The van der Waals surface area contributed by atoms with Crippen molar-refractivity contribution in [2.24, 2.45) is 0 Å². The molecule has 0 atom stereocenters. The van der Waals surface area contributed by atoms with Gasteiger partial charge in [0.15, 0.2) is 0 Å². The molecule has 1 saturated carbocycles. The van der Waals surface area contributed by atoms with E-state index in [0.717, 1.165) is 25.7 Å². The minimum Gasteiger partial charge on any atom is -0.457 e. The predicted molar refractivity (Wildman–Crippen MR) is 54.1 cm³/mol. The number of halogens is 2. The summed E-state index contributed by atoms with van der Waals surface area (Å²) in [4.78, 5) is 11.0. The van der Waals surface area contributed by atoms with Crippen LogP contribution in [0.3, 0.4) is 0 Å². The van der Waals surface area contributed by atoms with Crippen molar-refractivity contribution >= 4 is 16.1 Å². The molecule has 1 fully saturated rings. The molecule has 0 unspecified atom stereocenters. The molecule has 1 N–H and O–H groups in total. The summed E-state index contributed by atoms with van der Waals surface area (Å²) in [6.45, 7) is 0. The van der Waals surface area contributed by atoms with Crippen LogP contribution < -0.4 is 0 Å². The van der Waals surface area contributed by atoms with Crippen LogP contribution in [-0.4, -0.2) is 30.3 Å². The lowest BCUT2D eigenvalue weighted by molar-refractivity contribution is -0.167. The highest BCUT2D eigenvalue weighted by atomic mass is 32.2. The lowest BCUT2D eigenvalue weighted by atomic mass is 10.1. The van der Waals surface area contributed by atoms with Crippen LogP contribution in [0.15, 0.2) is 0 Å². The number of rotatable bonds is 3. The van der Waals surface area contributed by atoms with Crippen LogP contribution in [-0.2, 0) is 19.6 Å². The van der Waals surface area contributed by atoms with Crippen molar-refractivity contribution in [2.75, 3.05) is 0 Å². The summed E-state index contributed by atoms with van der Waals surface area (Å²) in [7, 11) is -5.77. The lowest BCUT2D eigenvalue weighted by Crippen LogP contribution is -2.40. The summed E-state index contributed by atoms with van der Waals surface area (Å²) in [5.41, 5.74) is 0. The minimum atomic E-state index is -5.77. The van der Waals surface area contributed by atoms with Gasteiger partial charge in [0.2, 0.25) is 0 Å². The van der Waals surface area contributed by atoms with Gasteiger partial charge in [0.25, 0.3) is 0 Å². The number of carbonyl (C=O) groups is 1. The van der Waals surface area contributed by atoms with Crippen LogP contribution in [0.2, 0.25) is 0 Å². The molecule has 1 aliphatic carbocycles. The Kier molecular flexibility index (Phi) is 4.42. The van der Waals surface area contributed by atoms with Crippen LogP contribution in [0.1, 0.15) is 38.5 Å². The molecule has 0 bridgehead atoms. The van der Waals surface area contributed by atoms with Gasteiger partial charge in [-0.05, 0) is 25.7 Å². The highest BCUT2D eigenvalue weighted by Gasteiger charge is 2.54.